The van der Waals surface area contributed by atoms with Crippen LogP contribution in [-0.4, -0.2) is 25.9 Å². The van der Waals surface area contributed by atoms with Crippen LogP contribution in [0.2, 0.25) is 0 Å². The summed E-state index contributed by atoms with van der Waals surface area (Å²) in [7, 11) is 0. The van der Waals surface area contributed by atoms with Crippen molar-refractivity contribution in [3.63, 3.8) is 0 Å². The number of hydrogen-bond acceptors (Lipinski definition) is 2. The molecule has 2 heteroatoms. The summed E-state index contributed by atoms with van der Waals surface area (Å²) < 4.78 is 11.2. The highest BCUT2D eigenvalue weighted by Crippen LogP contribution is 2.14. The van der Waals surface area contributed by atoms with Crippen molar-refractivity contribution in [2.24, 2.45) is 5.92 Å². The molecule has 0 amide bonds. The first kappa shape index (κ1) is 13.9. The largest absolute Gasteiger partial charge is 0.381 e. The van der Waals surface area contributed by atoms with Gasteiger partial charge in [0.25, 0.3) is 0 Å². The van der Waals surface area contributed by atoms with Gasteiger partial charge in [-0.3, -0.25) is 0 Å². The maximum absolute atomic E-state index is 5.69. The Balaban J connectivity index is 3.61. The first-order valence-corrected chi connectivity index (χ1v) is 5.95. The highest BCUT2D eigenvalue weighted by atomic mass is 16.5. The van der Waals surface area contributed by atoms with Crippen LogP contribution in [0.5, 0.6) is 0 Å². The molecule has 0 spiro atoms. The molecule has 86 valence electrons. The van der Waals surface area contributed by atoms with E-state index >= 15 is 0 Å². The summed E-state index contributed by atoms with van der Waals surface area (Å²) >= 11 is 0. The lowest BCUT2D eigenvalue weighted by Crippen LogP contribution is -2.23. The molecule has 0 N–H and O–H groups in total. The molecule has 0 saturated carbocycles. The third kappa shape index (κ3) is 6.39. The predicted octanol–water partition coefficient (Wildman–Crippen LogP) is 3.25. The van der Waals surface area contributed by atoms with Crippen LogP contribution < -0.4 is 0 Å². The van der Waals surface area contributed by atoms with Gasteiger partial charge in [-0.2, -0.15) is 0 Å². The number of rotatable bonds is 9. The van der Waals surface area contributed by atoms with Crippen molar-refractivity contribution < 1.29 is 9.47 Å². The average Bonchev–Trinajstić information content (AvgIpc) is 2.21. The van der Waals surface area contributed by atoms with E-state index in [1.54, 1.807) is 0 Å². The van der Waals surface area contributed by atoms with Crippen molar-refractivity contribution >= 4 is 0 Å². The zero-order valence-corrected chi connectivity index (χ0v) is 10.2. The molecule has 0 aromatic rings. The molecule has 0 rings (SSSR count). The molecule has 0 heterocycles. The van der Waals surface area contributed by atoms with Crippen LogP contribution in [0.4, 0.5) is 0 Å². The Labute approximate surface area is 89.0 Å². The van der Waals surface area contributed by atoms with E-state index in [0.717, 1.165) is 32.7 Å². The van der Waals surface area contributed by atoms with Gasteiger partial charge in [0.1, 0.15) is 0 Å². The molecular formula is C12H26O2. The second kappa shape index (κ2) is 9.47. The van der Waals surface area contributed by atoms with Gasteiger partial charge in [0, 0.05) is 19.8 Å². The molecule has 0 fully saturated rings. The van der Waals surface area contributed by atoms with Gasteiger partial charge in [0.15, 0.2) is 0 Å². The molecule has 0 aliphatic rings. The van der Waals surface area contributed by atoms with E-state index in [2.05, 4.69) is 27.7 Å². The Morgan fingerprint density at radius 3 is 2.29 bits per heavy atom. The highest BCUT2D eigenvalue weighted by molar-refractivity contribution is 4.64. The molecule has 0 saturated heterocycles. The monoisotopic (exact) mass is 202 g/mol. The maximum atomic E-state index is 5.69. The summed E-state index contributed by atoms with van der Waals surface area (Å²) in [6, 6.07) is 0. The second-order valence-electron chi connectivity index (χ2n) is 3.78. The third-order valence-electron chi connectivity index (χ3n) is 2.55. The number of ether oxygens (including phenoxy) is 2. The van der Waals surface area contributed by atoms with Crippen LogP contribution >= 0.6 is 0 Å². The van der Waals surface area contributed by atoms with Crippen molar-refractivity contribution in [3.8, 4) is 0 Å². The summed E-state index contributed by atoms with van der Waals surface area (Å²) in [6.07, 6.45) is 3.69. The zero-order valence-electron chi connectivity index (χ0n) is 10.2. The summed E-state index contributed by atoms with van der Waals surface area (Å²) in [5.74, 6) is 0.639. The average molecular weight is 202 g/mol. The van der Waals surface area contributed by atoms with E-state index in [4.69, 9.17) is 9.47 Å². The minimum atomic E-state index is 0.377. The Bertz CT molecular complexity index is 115. The van der Waals surface area contributed by atoms with Crippen molar-refractivity contribution in [2.45, 2.75) is 53.1 Å². The van der Waals surface area contributed by atoms with Crippen molar-refractivity contribution in [2.75, 3.05) is 19.8 Å². The Morgan fingerprint density at radius 2 is 1.79 bits per heavy atom. The van der Waals surface area contributed by atoms with Gasteiger partial charge in [-0.05, 0) is 25.7 Å². The van der Waals surface area contributed by atoms with E-state index in [-0.39, 0.29) is 0 Å². The van der Waals surface area contributed by atoms with Gasteiger partial charge in [0.05, 0.1) is 6.10 Å². The summed E-state index contributed by atoms with van der Waals surface area (Å²) in [4.78, 5) is 0. The van der Waals surface area contributed by atoms with Gasteiger partial charge in [-0.15, -0.1) is 0 Å². The van der Waals surface area contributed by atoms with Crippen LogP contribution in [-0.2, 0) is 9.47 Å². The lowest BCUT2D eigenvalue weighted by atomic mass is 9.99. The highest BCUT2D eigenvalue weighted by Gasteiger charge is 2.15. The van der Waals surface area contributed by atoms with Crippen molar-refractivity contribution in [1.82, 2.24) is 0 Å². The molecule has 0 aromatic carbocycles. The van der Waals surface area contributed by atoms with Gasteiger partial charge in [-0.25, -0.2) is 0 Å². The zero-order chi connectivity index (χ0) is 10.8. The van der Waals surface area contributed by atoms with E-state index in [1.165, 1.54) is 6.42 Å². The van der Waals surface area contributed by atoms with Gasteiger partial charge >= 0.3 is 0 Å². The van der Waals surface area contributed by atoms with Crippen molar-refractivity contribution in [1.29, 1.82) is 0 Å². The van der Waals surface area contributed by atoms with Crippen LogP contribution in [0.3, 0.4) is 0 Å². The van der Waals surface area contributed by atoms with Crippen LogP contribution in [0, 0.1) is 5.92 Å². The molecule has 0 aromatic heterocycles. The van der Waals surface area contributed by atoms with Gasteiger partial charge < -0.3 is 9.47 Å². The van der Waals surface area contributed by atoms with Crippen LogP contribution in [0.1, 0.15) is 47.0 Å². The van der Waals surface area contributed by atoms with E-state index in [9.17, 15) is 0 Å². The van der Waals surface area contributed by atoms with E-state index in [1.807, 2.05) is 0 Å². The van der Waals surface area contributed by atoms with Crippen molar-refractivity contribution in [3.05, 3.63) is 0 Å². The van der Waals surface area contributed by atoms with Gasteiger partial charge in [-0.1, -0.05) is 27.2 Å². The maximum Gasteiger partial charge on any atom is 0.0622 e. The Kier molecular flexibility index (Phi) is 9.42. The fraction of sp³-hybridized carbons (Fsp3) is 1.00. The summed E-state index contributed by atoms with van der Waals surface area (Å²) in [6.45, 7) is 11.2. The fourth-order valence-electron chi connectivity index (χ4n) is 1.45. The quantitative estimate of drug-likeness (QED) is 0.534. The standard InChI is InChI=1S/C12H26O2/c1-5-9-13-10-8-12(14-7-3)11(4)6-2/h11-12H,5-10H2,1-4H3. The summed E-state index contributed by atoms with van der Waals surface area (Å²) in [5.41, 5.74) is 0. The molecule has 2 atom stereocenters. The molecule has 0 aliphatic heterocycles. The minimum Gasteiger partial charge on any atom is -0.381 e. The number of hydrogen-bond donors (Lipinski definition) is 0. The third-order valence-corrected chi connectivity index (χ3v) is 2.55. The lowest BCUT2D eigenvalue weighted by Gasteiger charge is -2.22. The Morgan fingerprint density at radius 1 is 1.07 bits per heavy atom. The van der Waals surface area contributed by atoms with Gasteiger partial charge in [0.2, 0.25) is 0 Å². The minimum absolute atomic E-state index is 0.377. The molecule has 14 heavy (non-hydrogen) atoms. The first-order chi connectivity index (χ1) is 6.76. The fourth-order valence-corrected chi connectivity index (χ4v) is 1.45. The molecule has 0 aliphatic carbocycles. The SMILES string of the molecule is CCCOCCC(OCC)C(C)CC. The molecular weight excluding hydrogens is 176 g/mol. The first-order valence-electron chi connectivity index (χ1n) is 5.95. The smallest absolute Gasteiger partial charge is 0.0622 e. The molecule has 0 bridgehead atoms. The Hall–Kier alpha value is -0.0800. The predicted molar refractivity (Wildman–Crippen MR) is 60.6 cm³/mol. The van der Waals surface area contributed by atoms with E-state index < -0.39 is 0 Å². The lowest BCUT2D eigenvalue weighted by molar-refractivity contribution is -0.00314. The topological polar surface area (TPSA) is 18.5 Å². The molecule has 2 nitrogen and oxygen atoms in total. The normalized spacial score (nSPS) is 15.4. The molecule has 0 radical (unpaired) electrons. The van der Waals surface area contributed by atoms with Crippen LogP contribution in [0.15, 0.2) is 0 Å². The summed E-state index contributed by atoms with van der Waals surface area (Å²) in [5, 5.41) is 0. The van der Waals surface area contributed by atoms with Crippen LogP contribution in [0.25, 0.3) is 0 Å². The van der Waals surface area contributed by atoms with E-state index in [0.29, 0.717) is 12.0 Å². The second-order valence-corrected chi connectivity index (χ2v) is 3.78. The molecule has 2 unspecified atom stereocenters.